The van der Waals surface area contributed by atoms with Crippen LogP contribution in [0.1, 0.15) is 13.3 Å². The molecule has 6 nitrogen and oxygen atoms in total. The largest absolute Gasteiger partial charge is 0.365 e. The Kier molecular flexibility index (Phi) is 3.67. The van der Waals surface area contributed by atoms with E-state index in [9.17, 15) is 13.2 Å². The molecule has 0 aromatic heterocycles. The van der Waals surface area contributed by atoms with E-state index in [1.807, 2.05) is 0 Å². The number of ketones is 1. The van der Waals surface area contributed by atoms with Gasteiger partial charge in [-0.2, -0.15) is 8.42 Å². The quantitative estimate of drug-likeness (QED) is 0.716. The van der Waals surface area contributed by atoms with Crippen LogP contribution >= 0.6 is 0 Å². The highest BCUT2D eigenvalue weighted by molar-refractivity contribution is 7.90. The van der Waals surface area contributed by atoms with Gasteiger partial charge in [0, 0.05) is 12.0 Å². The number of rotatable bonds is 3. The van der Waals surface area contributed by atoms with Gasteiger partial charge < -0.3 is 4.74 Å². The molecule has 0 spiro atoms. The normalized spacial score (nSPS) is 29.1. The minimum atomic E-state index is -4.45. The van der Waals surface area contributed by atoms with Crippen molar-refractivity contribution in [3.8, 4) is 0 Å². The van der Waals surface area contributed by atoms with E-state index in [2.05, 4.69) is 5.32 Å². The molecule has 2 aliphatic rings. The third kappa shape index (κ3) is 2.69. The highest BCUT2D eigenvalue weighted by Crippen LogP contribution is 2.28. The molecule has 1 aliphatic heterocycles. The topological polar surface area (TPSA) is 92.7 Å². The molecule has 7 heteroatoms. The number of hydrogen-bond donors (Lipinski definition) is 2. The number of carbonyl (C=O) groups is 1. The second-order valence-corrected chi connectivity index (χ2v) is 5.88. The van der Waals surface area contributed by atoms with Crippen molar-refractivity contribution in [1.29, 1.82) is 0 Å². The molecule has 0 amide bonds. The van der Waals surface area contributed by atoms with Gasteiger partial charge in [0.1, 0.15) is 4.91 Å². The summed E-state index contributed by atoms with van der Waals surface area (Å²) in [5.74, 6) is -1.07. The minimum absolute atomic E-state index is 0.0306. The van der Waals surface area contributed by atoms with E-state index in [0.29, 0.717) is 19.8 Å². The Morgan fingerprint density at radius 2 is 2.22 bits per heavy atom. The molecule has 0 bridgehead atoms. The van der Waals surface area contributed by atoms with E-state index in [1.165, 1.54) is 0 Å². The number of ether oxygens (including phenoxy) is 1. The predicted octanol–water partition coefficient (Wildman–Crippen LogP) is 0.239. The molecule has 2 N–H and O–H groups in total. The van der Waals surface area contributed by atoms with E-state index < -0.39 is 26.7 Å². The van der Waals surface area contributed by atoms with Gasteiger partial charge in [0.15, 0.2) is 5.78 Å². The van der Waals surface area contributed by atoms with Gasteiger partial charge >= 0.3 is 0 Å². The first-order chi connectivity index (χ1) is 8.39. The zero-order valence-electron chi connectivity index (χ0n) is 9.92. The molecule has 1 aliphatic carbocycles. The van der Waals surface area contributed by atoms with Gasteiger partial charge in [-0.15, -0.1) is 0 Å². The van der Waals surface area contributed by atoms with Crippen LogP contribution in [0.5, 0.6) is 0 Å². The van der Waals surface area contributed by atoms with Gasteiger partial charge in [0.05, 0.1) is 13.3 Å². The summed E-state index contributed by atoms with van der Waals surface area (Å²) in [5.41, 5.74) is 0.793. The first-order valence-corrected chi connectivity index (χ1v) is 7.05. The highest BCUT2D eigenvalue weighted by atomic mass is 32.2. The van der Waals surface area contributed by atoms with Crippen LogP contribution in [0.25, 0.3) is 0 Å². The van der Waals surface area contributed by atoms with Crippen LogP contribution in [0.3, 0.4) is 0 Å². The lowest BCUT2D eigenvalue weighted by Crippen LogP contribution is -2.33. The molecular formula is C11H15NO5S. The average molecular weight is 273 g/mol. The van der Waals surface area contributed by atoms with Gasteiger partial charge in [-0.1, -0.05) is 11.6 Å². The molecule has 1 unspecified atom stereocenters. The van der Waals surface area contributed by atoms with E-state index in [1.54, 1.807) is 13.0 Å². The highest BCUT2D eigenvalue weighted by Gasteiger charge is 2.34. The molecule has 1 saturated heterocycles. The van der Waals surface area contributed by atoms with Crippen molar-refractivity contribution in [2.45, 2.75) is 19.4 Å². The van der Waals surface area contributed by atoms with E-state index in [0.717, 1.165) is 11.6 Å². The summed E-state index contributed by atoms with van der Waals surface area (Å²) in [6.07, 6.45) is 3.18. The number of carbonyl (C=O) groups excluding carboxylic acids is 1. The Morgan fingerprint density at radius 3 is 2.78 bits per heavy atom. The predicted molar refractivity (Wildman–Crippen MR) is 64.2 cm³/mol. The molecule has 1 fully saturated rings. The van der Waals surface area contributed by atoms with Crippen LogP contribution in [0, 0.1) is 5.92 Å². The number of Topliss-reactive ketones (excluding diaryl/α,β-unsaturated/α-hetero) is 1. The Balaban J connectivity index is 2.20. The van der Waals surface area contributed by atoms with Crippen molar-refractivity contribution >= 4 is 15.9 Å². The zero-order valence-corrected chi connectivity index (χ0v) is 10.7. The summed E-state index contributed by atoms with van der Waals surface area (Å²) in [6, 6.07) is 0.0306. The maximum atomic E-state index is 12.1. The Labute approximate surface area is 105 Å². The van der Waals surface area contributed by atoms with Gasteiger partial charge in [0.2, 0.25) is 0 Å². The summed E-state index contributed by atoms with van der Waals surface area (Å²) in [4.78, 5) is 11.5. The standard InChI is InChI=1S/C11H15NO5S/c1-7-2-3-10(18(14,15)16)11(13)9(7)4-8-5-17-6-12-8/h2-3,8-9,12H,4-6H2,1H3,(H,14,15,16)/t8-,9?/m0/s1. The molecule has 18 heavy (non-hydrogen) atoms. The number of allylic oxidation sites excluding steroid dienone is 4. The van der Waals surface area contributed by atoms with Crippen molar-refractivity contribution in [3.05, 3.63) is 22.6 Å². The molecule has 100 valence electrons. The molecule has 0 aromatic rings. The van der Waals surface area contributed by atoms with Crippen molar-refractivity contribution in [1.82, 2.24) is 5.32 Å². The van der Waals surface area contributed by atoms with Crippen LogP contribution in [0.4, 0.5) is 0 Å². The fraction of sp³-hybridized carbons (Fsp3) is 0.545. The van der Waals surface area contributed by atoms with E-state index >= 15 is 0 Å². The SMILES string of the molecule is CC1=CC=C(S(=O)(=O)O)C(=O)C1C[C@H]1COCN1. The Hall–Kier alpha value is -1.02. The summed E-state index contributed by atoms with van der Waals surface area (Å²) in [5, 5.41) is 3.07. The van der Waals surface area contributed by atoms with Crippen molar-refractivity contribution in [2.75, 3.05) is 13.3 Å². The third-order valence-electron chi connectivity index (χ3n) is 3.20. The van der Waals surface area contributed by atoms with E-state index in [-0.39, 0.29) is 6.04 Å². The van der Waals surface area contributed by atoms with Gasteiger partial charge in [-0.05, 0) is 19.4 Å². The maximum absolute atomic E-state index is 12.1. The number of hydrogen-bond acceptors (Lipinski definition) is 5. The third-order valence-corrected chi connectivity index (χ3v) is 4.09. The fourth-order valence-electron chi connectivity index (χ4n) is 2.16. The van der Waals surface area contributed by atoms with E-state index in [4.69, 9.17) is 9.29 Å². The second kappa shape index (κ2) is 4.93. The first kappa shape index (κ1) is 13.4. The Bertz CT molecular complexity index is 514. The molecule has 0 saturated carbocycles. The lowest BCUT2D eigenvalue weighted by Gasteiger charge is -2.22. The van der Waals surface area contributed by atoms with Crippen LogP contribution in [0.2, 0.25) is 0 Å². The first-order valence-electron chi connectivity index (χ1n) is 5.61. The number of nitrogens with one attached hydrogen (secondary N) is 1. The maximum Gasteiger partial charge on any atom is 0.298 e. The molecule has 2 rings (SSSR count). The molecule has 1 heterocycles. The average Bonchev–Trinajstić information content (AvgIpc) is 2.74. The summed E-state index contributed by atoms with van der Waals surface area (Å²) in [6.45, 7) is 2.72. The smallest absolute Gasteiger partial charge is 0.298 e. The molecule has 2 atom stereocenters. The van der Waals surface area contributed by atoms with Crippen LogP contribution in [0.15, 0.2) is 22.6 Å². The second-order valence-electron chi connectivity index (χ2n) is 4.49. The van der Waals surface area contributed by atoms with Crippen molar-refractivity contribution in [2.24, 2.45) is 5.92 Å². The van der Waals surface area contributed by atoms with Crippen LogP contribution in [-0.4, -0.2) is 38.1 Å². The summed E-state index contributed by atoms with van der Waals surface area (Å²) < 4.78 is 36.3. The lowest BCUT2D eigenvalue weighted by atomic mass is 9.86. The van der Waals surface area contributed by atoms with Crippen molar-refractivity contribution in [3.63, 3.8) is 0 Å². The van der Waals surface area contributed by atoms with Crippen LogP contribution in [-0.2, 0) is 19.6 Å². The lowest BCUT2D eigenvalue weighted by molar-refractivity contribution is -0.118. The fourth-order valence-corrected chi connectivity index (χ4v) is 2.80. The van der Waals surface area contributed by atoms with Gasteiger partial charge in [0.25, 0.3) is 10.1 Å². The van der Waals surface area contributed by atoms with Gasteiger partial charge in [-0.25, -0.2) is 0 Å². The molecule has 0 aromatic carbocycles. The molecular weight excluding hydrogens is 258 g/mol. The van der Waals surface area contributed by atoms with Crippen LogP contribution < -0.4 is 5.32 Å². The summed E-state index contributed by atoms with van der Waals surface area (Å²) in [7, 11) is -4.45. The molecule has 0 radical (unpaired) electrons. The van der Waals surface area contributed by atoms with Crippen molar-refractivity contribution < 1.29 is 22.5 Å². The Morgan fingerprint density at radius 1 is 1.50 bits per heavy atom. The zero-order chi connectivity index (χ0) is 13.3. The minimum Gasteiger partial charge on any atom is -0.365 e. The van der Waals surface area contributed by atoms with Gasteiger partial charge in [-0.3, -0.25) is 14.7 Å². The monoisotopic (exact) mass is 273 g/mol. The summed E-state index contributed by atoms with van der Waals surface area (Å²) >= 11 is 0.